The molecule has 0 amide bonds. The molecule has 3 heteroatoms. The fourth-order valence-electron chi connectivity index (χ4n) is 4.15. The van der Waals surface area contributed by atoms with Crippen molar-refractivity contribution in [1.82, 2.24) is 9.78 Å². The predicted octanol–water partition coefficient (Wildman–Crippen LogP) is 6.02. The lowest BCUT2D eigenvalue weighted by Gasteiger charge is -2.37. The predicted molar refractivity (Wildman–Crippen MR) is 126 cm³/mol. The van der Waals surface area contributed by atoms with Gasteiger partial charge in [-0.3, -0.25) is 0 Å². The number of hydrogen-bond acceptors (Lipinski definition) is 2. The van der Waals surface area contributed by atoms with Crippen LogP contribution < -0.4 is 4.74 Å². The maximum absolute atomic E-state index is 5.97. The summed E-state index contributed by atoms with van der Waals surface area (Å²) >= 11 is 0. The van der Waals surface area contributed by atoms with Crippen LogP contribution in [-0.2, 0) is 12.0 Å². The molecular formula is C28H26N2O. The highest BCUT2D eigenvalue weighted by Crippen LogP contribution is 2.42. The maximum atomic E-state index is 5.97. The van der Waals surface area contributed by atoms with Crippen LogP contribution in [-0.4, -0.2) is 16.4 Å². The second-order valence-corrected chi connectivity index (χ2v) is 7.27. The Hall–Kier alpha value is -3.85. The van der Waals surface area contributed by atoms with Crippen molar-refractivity contribution in [2.45, 2.75) is 12.0 Å². The van der Waals surface area contributed by atoms with Crippen LogP contribution in [0.1, 0.15) is 22.4 Å². The van der Waals surface area contributed by atoms with Crippen LogP contribution in [0.25, 0.3) is 0 Å². The lowest BCUT2D eigenvalue weighted by molar-refractivity contribution is 0.355. The van der Waals surface area contributed by atoms with Crippen molar-refractivity contribution in [3.05, 3.63) is 145 Å². The SMILES string of the molecule is C=CCOc1cnn(C(c2ccccc2)(c2ccccc2)c2ccccc2)c1CC=C. The molecule has 0 fully saturated rings. The van der Waals surface area contributed by atoms with Crippen LogP contribution in [0.15, 0.2) is 123 Å². The van der Waals surface area contributed by atoms with Crippen LogP contribution in [0.5, 0.6) is 5.75 Å². The average molecular weight is 407 g/mol. The Morgan fingerprint density at radius 3 is 1.65 bits per heavy atom. The van der Waals surface area contributed by atoms with E-state index in [9.17, 15) is 0 Å². The summed E-state index contributed by atoms with van der Waals surface area (Å²) < 4.78 is 8.06. The number of allylic oxidation sites excluding steroid dienone is 1. The molecule has 1 aromatic heterocycles. The molecule has 4 aromatic rings. The van der Waals surface area contributed by atoms with Crippen LogP contribution in [0, 0.1) is 0 Å². The van der Waals surface area contributed by atoms with Crippen molar-refractivity contribution in [3.8, 4) is 5.75 Å². The summed E-state index contributed by atoms with van der Waals surface area (Å²) in [5.74, 6) is 0.743. The molecule has 31 heavy (non-hydrogen) atoms. The quantitative estimate of drug-likeness (QED) is 0.251. The molecule has 0 bridgehead atoms. The zero-order chi connectivity index (χ0) is 21.5. The monoisotopic (exact) mass is 406 g/mol. The van der Waals surface area contributed by atoms with Gasteiger partial charge in [0.15, 0.2) is 5.75 Å². The van der Waals surface area contributed by atoms with E-state index in [0.717, 1.165) is 28.1 Å². The van der Waals surface area contributed by atoms with E-state index in [1.807, 2.05) is 24.3 Å². The highest BCUT2D eigenvalue weighted by atomic mass is 16.5. The molecule has 0 aliphatic rings. The van der Waals surface area contributed by atoms with Gasteiger partial charge in [0.1, 0.15) is 12.1 Å². The molecule has 0 aliphatic heterocycles. The zero-order valence-corrected chi connectivity index (χ0v) is 17.5. The summed E-state index contributed by atoms with van der Waals surface area (Å²) in [6, 6.07) is 31.5. The molecule has 0 aliphatic carbocycles. The van der Waals surface area contributed by atoms with Gasteiger partial charge in [-0.1, -0.05) is 110 Å². The molecule has 0 spiro atoms. The molecule has 154 valence electrons. The third-order valence-corrected chi connectivity index (χ3v) is 5.42. The third-order valence-electron chi connectivity index (χ3n) is 5.42. The van der Waals surface area contributed by atoms with E-state index in [2.05, 4.69) is 90.6 Å². The largest absolute Gasteiger partial charge is 0.486 e. The first-order valence-electron chi connectivity index (χ1n) is 10.4. The van der Waals surface area contributed by atoms with Gasteiger partial charge in [-0.25, -0.2) is 4.68 Å². The molecule has 0 saturated heterocycles. The first-order valence-corrected chi connectivity index (χ1v) is 10.4. The van der Waals surface area contributed by atoms with Gasteiger partial charge in [-0.15, -0.1) is 6.58 Å². The summed E-state index contributed by atoms with van der Waals surface area (Å²) in [5.41, 5.74) is 3.66. The van der Waals surface area contributed by atoms with Gasteiger partial charge in [0.2, 0.25) is 0 Å². The topological polar surface area (TPSA) is 27.1 Å². The summed E-state index contributed by atoms with van der Waals surface area (Å²) in [6.45, 7) is 8.18. The van der Waals surface area contributed by atoms with Gasteiger partial charge < -0.3 is 4.74 Å². The number of aromatic nitrogens is 2. The fraction of sp³-hybridized carbons (Fsp3) is 0.107. The fourth-order valence-corrected chi connectivity index (χ4v) is 4.15. The van der Waals surface area contributed by atoms with Crippen molar-refractivity contribution in [2.75, 3.05) is 6.61 Å². The minimum Gasteiger partial charge on any atom is -0.486 e. The van der Waals surface area contributed by atoms with Gasteiger partial charge in [0.05, 0.1) is 11.9 Å². The normalized spacial score (nSPS) is 11.1. The smallest absolute Gasteiger partial charge is 0.161 e. The first kappa shape index (κ1) is 20.4. The van der Waals surface area contributed by atoms with Crippen molar-refractivity contribution in [2.24, 2.45) is 0 Å². The van der Waals surface area contributed by atoms with Crippen molar-refractivity contribution < 1.29 is 4.74 Å². The molecule has 0 unspecified atom stereocenters. The number of hydrogen-bond donors (Lipinski definition) is 0. The van der Waals surface area contributed by atoms with E-state index in [-0.39, 0.29) is 0 Å². The van der Waals surface area contributed by atoms with Gasteiger partial charge in [0.25, 0.3) is 0 Å². The minimum atomic E-state index is -0.669. The molecule has 0 atom stereocenters. The van der Waals surface area contributed by atoms with E-state index < -0.39 is 5.54 Å². The Morgan fingerprint density at radius 1 is 0.742 bits per heavy atom. The highest BCUT2D eigenvalue weighted by molar-refractivity contribution is 5.51. The Morgan fingerprint density at radius 2 is 1.23 bits per heavy atom. The number of ether oxygens (including phenoxy) is 1. The van der Waals surface area contributed by atoms with Crippen LogP contribution in [0.4, 0.5) is 0 Å². The molecule has 4 rings (SSSR count). The van der Waals surface area contributed by atoms with Crippen LogP contribution >= 0.6 is 0 Å². The second-order valence-electron chi connectivity index (χ2n) is 7.27. The van der Waals surface area contributed by atoms with Gasteiger partial charge in [0, 0.05) is 6.42 Å². The van der Waals surface area contributed by atoms with Crippen LogP contribution in [0.2, 0.25) is 0 Å². The van der Waals surface area contributed by atoms with Crippen LogP contribution in [0.3, 0.4) is 0 Å². The molecule has 3 aromatic carbocycles. The first-order chi connectivity index (χ1) is 15.3. The summed E-state index contributed by atoms with van der Waals surface area (Å²) in [7, 11) is 0. The molecule has 0 radical (unpaired) electrons. The number of nitrogens with zero attached hydrogens (tertiary/aromatic N) is 2. The van der Waals surface area contributed by atoms with Gasteiger partial charge in [-0.05, 0) is 16.7 Å². The summed E-state index contributed by atoms with van der Waals surface area (Å²) in [5, 5.41) is 4.90. The van der Waals surface area contributed by atoms with Crippen molar-refractivity contribution in [1.29, 1.82) is 0 Å². The Kier molecular flexibility index (Phi) is 6.13. The Labute approximate surface area is 183 Å². The molecule has 1 heterocycles. The summed E-state index contributed by atoms with van der Waals surface area (Å²) in [6.07, 6.45) is 6.06. The van der Waals surface area contributed by atoms with E-state index in [0.29, 0.717) is 13.0 Å². The van der Waals surface area contributed by atoms with E-state index >= 15 is 0 Å². The molecular weight excluding hydrogens is 380 g/mol. The van der Waals surface area contributed by atoms with Crippen molar-refractivity contribution in [3.63, 3.8) is 0 Å². The average Bonchev–Trinajstić information content (AvgIpc) is 3.23. The van der Waals surface area contributed by atoms with Gasteiger partial charge in [-0.2, -0.15) is 5.10 Å². The van der Waals surface area contributed by atoms with E-state index in [4.69, 9.17) is 9.84 Å². The molecule has 0 N–H and O–H groups in total. The Bertz CT molecular complexity index is 1030. The third kappa shape index (κ3) is 3.71. The van der Waals surface area contributed by atoms with Gasteiger partial charge >= 0.3 is 0 Å². The molecule has 0 saturated carbocycles. The summed E-state index contributed by atoms with van der Waals surface area (Å²) in [4.78, 5) is 0. The number of benzene rings is 3. The number of rotatable bonds is 9. The molecule has 3 nitrogen and oxygen atoms in total. The highest BCUT2D eigenvalue weighted by Gasteiger charge is 2.41. The Balaban J connectivity index is 2.10. The lowest BCUT2D eigenvalue weighted by atomic mass is 9.77. The van der Waals surface area contributed by atoms with Crippen molar-refractivity contribution >= 4 is 0 Å². The maximum Gasteiger partial charge on any atom is 0.161 e. The van der Waals surface area contributed by atoms with E-state index in [1.54, 1.807) is 12.3 Å². The lowest BCUT2D eigenvalue weighted by Crippen LogP contribution is -2.39. The van der Waals surface area contributed by atoms with E-state index in [1.165, 1.54) is 0 Å². The standard InChI is InChI=1S/C28H26N2O/c1-3-14-26-27(31-21-4-2)22-29-30(26)28(23-15-8-5-9-16-23,24-17-10-6-11-18-24)25-19-12-7-13-20-25/h3-13,15-20,22H,1-2,14,21H2. The minimum absolute atomic E-state index is 0.421. The zero-order valence-electron chi connectivity index (χ0n) is 17.5. The second kappa shape index (κ2) is 9.31.